The number of aromatic nitrogens is 2. The monoisotopic (exact) mass is 422 g/mol. The third-order valence-corrected chi connectivity index (χ3v) is 6.03. The molecule has 5 rings (SSSR count). The Hall–Kier alpha value is -3.62. The number of likely N-dealkylation sites (tertiary alicyclic amines) is 1. The molecule has 3 heterocycles. The Labute approximate surface area is 178 Å². The van der Waals surface area contributed by atoms with Crippen molar-refractivity contribution in [2.75, 3.05) is 13.1 Å². The second kappa shape index (κ2) is 7.90. The second-order valence-corrected chi connectivity index (χ2v) is 8.12. The fourth-order valence-electron chi connectivity index (χ4n) is 4.54. The summed E-state index contributed by atoms with van der Waals surface area (Å²) in [5, 5.41) is 5.72. The summed E-state index contributed by atoms with van der Waals surface area (Å²) in [6.07, 6.45) is 5.19. The number of carbonyl (C=O) groups excluding carboxylic acids is 2. The highest BCUT2D eigenvalue weighted by Gasteiger charge is 2.43. The zero-order valence-corrected chi connectivity index (χ0v) is 16.8. The fourth-order valence-corrected chi connectivity index (χ4v) is 4.54. The fraction of sp³-hybridized carbons (Fsp3) is 0.364. The van der Waals surface area contributed by atoms with Crippen molar-refractivity contribution in [1.82, 2.24) is 15.0 Å². The van der Waals surface area contributed by atoms with Crippen LogP contribution >= 0.6 is 0 Å². The molecule has 31 heavy (non-hydrogen) atoms. The largest absolute Gasteiger partial charge is 0.490 e. The van der Waals surface area contributed by atoms with Crippen LogP contribution in [0.25, 0.3) is 10.8 Å². The lowest BCUT2D eigenvalue weighted by Crippen LogP contribution is -2.31. The lowest BCUT2D eigenvalue weighted by Gasteiger charge is -2.19. The third-order valence-electron chi connectivity index (χ3n) is 6.03. The highest BCUT2D eigenvalue weighted by molar-refractivity contribution is 5.90. The number of nitrogens with two attached hydrogens (primary N) is 1. The summed E-state index contributed by atoms with van der Waals surface area (Å²) in [6, 6.07) is 9.39. The molecule has 1 aromatic carbocycles. The molecule has 1 unspecified atom stereocenters. The summed E-state index contributed by atoms with van der Waals surface area (Å²) in [6.45, 7) is 1.21. The molecule has 1 saturated heterocycles. The molecule has 1 saturated carbocycles. The third kappa shape index (κ3) is 4.03. The Balaban J connectivity index is 1.12. The number of benzene rings is 1. The average Bonchev–Trinajstić information content (AvgIpc) is 3.47. The minimum absolute atomic E-state index is 0.0101. The number of carbonyl (C=O) groups is 2. The molecule has 2 fully saturated rings. The SMILES string of the molecule is NC(=O)c1cc(COC(=O)N2C[C@H]3CC(Oc4ccc5cnccc5c4)C[C@H]3C2)on1. The van der Waals surface area contributed by atoms with Crippen LogP contribution in [0, 0.1) is 11.8 Å². The first-order chi connectivity index (χ1) is 15.0. The Morgan fingerprint density at radius 2 is 1.94 bits per heavy atom. The molecule has 2 aromatic heterocycles. The zero-order valence-electron chi connectivity index (χ0n) is 16.8. The average molecular weight is 422 g/mol. The van der Waals surface area contributed by atoms with E-state index in [4.69, 9.17) is 19.7 Å². The quantitative estimate of drug-likeness (QED) is 0.671. The lowest BCUT2D eigenvalue weighted by atomic mass is 10.0. The van der Waals surface area contributed by atoms with Crippen LogP contribution in [-0.4, -0.2) is 46.2 Å². The van der Waals surface area contributed by atoms with Gasteiger partial charge in [-0.25, -0.2) is 4.79 Å². The van der Waals surface area contributed by atoms with Gasteiger partial charge in [-0.3, -0.25) is 9.78 Å². The van der Waals surface area contributed by atoms with Crippen molar-refractivity contribution in [3.05, 3.63) is 54.2 Å². The number of primary amides is 1. The maximum Gasteiger partial charge on any atom is 0.410 e. The Morgan fingerprint density at radius 1 is 1.13 bits per heavy atom. The van der Waals surface area contributed by atoms with Gasteiger partial charge in [0.05, 0.1) is 6.10 Å². The molecule has 160 valence electrons. The predicted octanol–water partition coefficient (Wildman–Crippen LogP) is 2.75. The molecular weight excluding hydrogens is 400 g/mol. The first-order valence-electron chi connectivity index (χ1n) is 10.2. The number of amides is 2. The molecule has 3 atom stereocenters. The number of rotatable bonds is 5. The summed E-state index contributed by atoms with van der Waals surface area (Å²) in [4.78, 5) is 29.3. The number of pyridine rings is 1. The van der Waals surface area contributed by atoms with Gasteiger partial charge in [0.1, 0.15) is 5.75 Å². The molecule has 9 heteroatoms. The minimum Gasteiger partial charge on any atom is -0.490 e. The van der Waals surface area contributed by atoms with Gasteiger partial charge in [-0.05, 0) is 54.3 Å². The van der Waals surface area contributed by atoms with Gasteiger partial charge in [-0.1, -0.05) is 5.16 Å². The summed E-state index contributed by atoms with van der Waals surface area (Å²) < 4.78 is 16.5. The number of fused-ring (bicyclic) bond motifs is 2. The van der Waals surface area contributed by atoms with E-state index in [9.17, 15) is 9.59 Å². The molecule has 2 N–H and O–H groups in total. The predicted molar refractivity (Wildman–Crippen MR) is 109 cm³/mol. The summed E-state index contributed by atoms with van der Waals surface area (Å²) >= 11 is 0. The maximum absolute atomic E-state index is 12.4. The number of hydrogen-bond donors (Lipinski definition) is 1. The molecule has 9 nitrogen and oxygen atoms in total. The smallest absolute Gasteiger partial charge is 0.410 e. The van der Waals surface area contributed by atoms with Crippen molar-refractivity contribution in [1.29, 1.82) is 0 Å². The van der Waals surface area contributed by atoms with Crippen LogP contribution in [0.15, 0.2) is 47.2 Å². The molecule has 0 radical (unpaired) electrons. The molecule has 0 bridgehead atoms. The number of nitrogens with zero attached hydrogens (tertiary/aromatic N) is 3. The molecule has 2 aliphatic rings. The molecule has 3 aromatic rings. The van der Waals surface area contributed by atoms with Crippen LogP contribution in [0.3, 0.4) is 0 Å². The van der Waals surface area contributed by atoms with Gasteiger partial charge in [0, 0.05) is 36.9 Å². The Morgan fingerprint density at radius 3 is 2.68 bits per heavy atom. The zero-order chi connectivity index (χ0) is 21.4. The van der Waals surface area contributed by atoms with Gasteiger partial charge in [-0.2, -0.15) is 0 Å². The minimum atomic E-state index is -0.689. The highest BCUT2D eigenvalue weighted by Crippen LogP contribution is 2.40. The topological polar surface area (TPSA) is 121 Å². The van der Waals surface area contributed by atoms with E-state index in [1.165, 1.54) is 6.07 Å². The van der Waals surface area contributed by atoms with Gasteiger partial charge in [0.2, 0.25) is 0 Å². The lowest BCUT2D eigenvalue weighted by molar-refractivity contribution is 0.0899. The van der Waals surface area contributed by atoms with Crippen LogP contribution in [-0.2, 0) is 11.3 Å². The first kappa shape index (κ1) is 19.3. The maximum atomic E-state index is 12.4. The molecule has 1 aliphatic heterocycles. The van der Waals surface area contributed by atoms with Crippen LogP contribution in [0.2, 0.25) is 0 Å². The van der Waals surface area contributed by atoms with Crippen molar-refractivity contribution in [2.45, 2.75) is 25.6 Å². The Kier molecular flexibility index (Phi) is 4.93. The Bertz CT molecular complexity index is 1120. The van der Waals surface area contributed by atoms with E-state index in [2.05, 4.69) is 10.1 Å². The van der Waals surface area contributed by atoms with E-state index in [0.29, 0.717) is 24.9 Å². The van der Waals surface area contributed by atoms with Gasteiger partial charge >= 0.3 is 6.09 Å². The highest BCUT2D eigenvalue weighted by atomic mass is 16.6. The van der Waals surface area contributed by atoms with Crippen LogP contribution in [0.4, 0.5) is 4.79 Å². The van der Waals surface area contributed by atoms with E-state index < -0.39 is 12.0 Å². The van der Waals surface area contributed by atoms with Crippen molar-refractivity contribution in [3.63, 3.8) is 0 Å². The molecule has 1 aliphatic carbocycles. The molecule has 2 amide bonds. The van der Waals surface area contributed by atoms with Crippen molar-refractivity contribution < 1.29 is 23.6 Å². The summed E-state index contributed by atoms with van der Waals surface area (Å²) in [7, 11) is 0. The van der Waals surface area contributed by atoms with Crippen molar-refractivity contribution >= 4 is 22.8 Å². The second-order valence-electron chi connectivity index (χ2n) is 8.12. The van der Waals surface area contributed by atoms with Crippen LogP contribution in [0.5, 0.6) is 5.75 Å². The normalized spacial score (nSPS) is 22.5. The van der Waals surface area contributed by atoms with Gasteiger partial charge in [0.15, 0.2) is 18.1 Å². The van der Waals surface area contributed by atoms with Gasteiger partial charge in [0.25, 0.3) is 5.91 Å². The summed E-state index contributed by atoms with van der Waals surface area (Å²) in [5.41, 5.74) is 5.14. The van der Waals surface area contributed by atoms with E-state index in [1.54, 1.807) is 11.1 Å². The van der Waals surface area contributed by atoms with E-state index in [1.807, 2.05) is 30.5 Å². The van der Waals surface area contributed by atoms with Crippen LogP contribution < -0.4 is 10.5 Å². The van der Waals surface area contributed by atoms with E-state index in [0.717, 1.165) is 29.4 Å². The molecule has 0 spiro atoms. The van der Waals surface area contributed by atoms with Gasteiger partial charge in [-0.15, -0.1) is 0 Å². The van der Waals surface area contributed by atoms with Crippen LogP contribution in [0.1, 0.15) is 29.1 Å². The number of hydrogen-bond acceptors (Lipinski definition) is 7. The first-order valence-corrected chi connectivity index (χ1v) is 10.2. The van der Waals surface area contributed by atoms with Crippen molar-refractivity contribution in [3.8, 4) is 5.75 Å². The standard InChI is InChI=1S/C22H22N4O5/c23-21(27)20-8-19(31-25-20)12-29-22(28)26-10-15-6-18(7-16(15)11-26)30-17-2-1-14-9-24-4-3-13(14)5-17/h1-5,8-9,15-16,18H,6-7,10-12H2,(H2,23,27)/t15-,16+,18?. The van der Waals surface area contributed by atoms with E-state index in [-0.39, 0.29) is 24.2 Å². The molecular formula is C22H22N4O5. The van der Waals surface area contributed by atoms with Crippen molar-refractivity contribution in [2.24, 2.45) is 17.6 Å². The number of ether oxygens (including phenoxy) is 2. The summed E-state index contributed by atoms with van der Waals surface area (Å²) in [5.74, 6) is 1.25. The van der Waals surface area contributed by atoms with E-state index >= 15 is 0 Å². The van der Waals surface area contributed by atoms with Gasteiger partial charge < -0.3 is 24.6 Å².